The maximum atomic E-state index is 12.0. The number of nitrogens with one attached hydrogen (secondary N) is 3. The van der Waals surface area contributed by atoms with Crippen LogP contribution in [0.25, 0.3) is 10.9 Å². The summed E-state index contributed by atoms with van der Waals surface area (Å²) in [6.45, 7) is 0.659. The van der Waals surface area contributed by atoms with Crippen LogP contribution >= 0.6 is 0 Å². The van der Waals surface area contributed by atoms with Crippen molar-refractivity contribution < 1.29 is 14.0 Å². The van der Waals surface area contributed by atoms with Crippen LogP contribution in [0.2, 0.25) is 0 Å². The normalized spacial score (nSPS) is 10.5. The predicted molar refractivity (Wildman–Crippen MR) is 81.7 cm³/mol. The summed E-state index contributed by atoms with van der Waals surface area (Å²) in [5.74, 6) is -0.254. The quantitative estimate of drug-likeness (QED) is 0.629. The number of aromatic nitrogens is 1. The van der Waals surface area contributed by atoms with E-state index in [1.54, 1.807) is 18.2 Å². The first-order chi connectivity index (χ1) is 10.7. The highest BCUT2D eigenvalue weighted by atomic mass is 16.3. The van der Waals surface area contributed by atoms with Crippen molar-refractivity contribution >= 4 is 22.7 Å². The van der Waals surface area contributed by atoms with Crippen LogP contribution in [-0.4, -0.2) is 29.9 Å². The minimum atomic E-state index is -0.301. The molecule has 0 radical (unpaired) electrons. The number of hydrogen-bond donors (Lipinski definition) is 3. The van der Waals surface area contributed by atoms with E-state index in [1.165, 1.54) is 6.26 Å². The van der Waals surface area contributed by atoms with Gasteiger partial charge >= 0.3 is 0 Å². The van der Waals surface area contributed by atoms with Crippen molar-refractivity contribution in [2.45, 2.75) is 0 Å². The summed E-state index contributed by atoms with van der Waals surface area (Å²) in [5, 5.41) is 6.39. The summed E-state index contributed by atoms with van der Waals surface area (Å²) in [6.07, 6.45) is 1.44. The smallest absolute Gasteiger partial charge is 0.287 e. The van der Waals surface area contributed by atoms with Gasteiger partial charge in [-0.1, -0.05) is 18.2 Å². The lowest BCUT2D eigenvalue weighted by atomic mass is 10.2. The molecular formula is C16H15N3O3. The van der Waals surface area contributed by atoms with E-state index in [4.69, 9.17) is 4.42 Å². The molecule has 3 aromatic rings. The molecule has 6 heteroatoms. The molecule has 0 saturated heterocycles. The standard InChI is InChI=1S/C16H15N3O3/c20-15(13-10-11-4-1-2-5-12(11)19-13)17-7-8-18-16(21)14-6-3-9-22-14/h1-6,9-10,19H,7-8H2,(H,17,20)(H,18,21). The first-order valence-electron chi connectivity index (χ1n) is 6.92. The number of hydrogen-bond acceptors (Lipinski definition) is 3. The highest BCUT2D eigenvalue weighted by Crippen LogP contribution is 2.14. The van der Waals surface area contributed by atoms with Crippen molar-refractivity contribution in [2.75, 3.05) is 13.1 Å². The van der Waals surface area contributed by atoms with Gasteiger partial charge in [-0.25, -0.2) is 0 Å². The molecule has 2 amide bonds. The van der Waals surface area contributed by atoms with Crippen LogP contribution < -0.4 is 10.6 Å². The predicted octanol–water partition coefficient (Wildman–Crippen LogP) is 1.92. The second kappa shape index (κ2) is 6.17. The summed E-state index contributed by atoms with van der Waals surface area (Å²) in [6, 6.07) is 12.7. The minimum absolute atomic E-state index is 0.205. The SMILES string of the molecule is O=C(NCCNC(=O)c1ccco1)c1cc2ccccc2[nH]1. The summed E-state index contributed by atoms with van der Waals surface area (Å²) in [4.78, 5) is 26.7. The Morgan fingerprint density at radius 3 is 2.50 bits per heavy atom. The number of carbonyl (C=O) groups excluding carboxylic acids is 2. The van der Waals surface area contributed by atoms with Crippen LogP contribution in [0.15, 0.2) is 53.1 Å². The lowest BCUT2D eigenvalue weighted by Crippen LogP contribution is -2.34. The Bertz CT molecular complexity index is 757. The molecule has 0 spiro atoms. The second-order valence-electron chi connectivity index (χ2n) is 4.76. The Balaban J connectivity index is 1.49. The third-order valence-corrected chi connectivity index (χ3v) is 3.22. The van der Waals surface area contributed by atoms with Gasteiger partial charge in [-0.2, -0.15) is 0 Å². The molecule has 0 unspecified atom stereocenters. The second-order valence-corrected chi connectivity index (χ2v) is 4.76. The molecule has 112 valence electrons. The largest absolute Gasteiger partial charge is 0.459 e. The molecule has 1 aromatic carbocycles. The van der Waals surface area contributed by atoms with E-state index < -0.39 is 0 Å². The third kappa shape index (κ3) is 3.01. The van der Waals surface area contributed by atoms with Crippen LogP contribution in [0.5, 0.6) is 0 Å². The van der Waals surface area contributed by atoms with Crippen molar-refractivity contribution in [3.05, 3.63) is 60.2 Å². The Kier molecular flexibility index (Phi) is 3.91. The Hall–Kier alpha value is -3.02. The molecule has 2 heterocycles. The minimum Gasteiger partial charge on any atom is -0.459 e. The van der Waals surface area contributed by atoms with Gasteiger partial charge in [0.05, 0.1) is 6.26 Å². The molecule has 22 heavy (non-hydrogen) atoms. The summed E-state index contributed by atoms with van der Waals surface area (Å²) in [5.41, 5.74) is 1.41. The van der Waals surface area contributed by atoms with Crippen molar-refractivity contribution in [1.82, 2.24) is 15.6 Å². The van der Waals surface area contributed by atoms with E-state index >= 15 is 0 Å². The first kappa shape index (κ1) is 13.9. The zero-order chi connectivity index (χ0) is 15.4. The van der Waals surface area contributed by atoms with E-state index in [0.29, 0.717) is 18.8 Å². The van der Waals surface area contributed by atoms with Crippen molar-refractivity contribution in [3.63, 3.8) is 0 Å². The lowest BCUT2D eigenvalue weighted by Gasteiger charge is -2.05. The molecule has 0 atom stereocenters. The molecule has 3 N–H and O–H groups in total. The Morgan fingerprint density at radius 2 is 1.77 bits per heavy atom. The molecule has 0 fully saturated rings. The number of fused-ring (bicyclic) bond motifs is 1. The molecule has 3 rings (SSSR count). The van der Waals surface area contributed by atoms with Crippen LogP contribution in [-0.2, 0) is 0 Å². The first-order valence-corrected chi connectivity index (χ1v) is 6.92. The maximum Gasteiger partial charge on any atom is 0.287 e. The molecule has 0 aliphatic carbocycles. The van der Waals surface area contributed by atoms with Crippen LogP contribution in [0, 0.1) is 0 Å². The molecule has 0 bridgehead atoms. The number of aromatic amines is 1. The maximum absolute atomic E-state index is 12.0. The van der Waals surface area contributed by atoms with Gasteiger partial charge < -0.3 is 20.0 Å². The molecule has 0 aliphatic rings. The highest BCUT2D eigenvalue weighted by molar-refractivity contribution is 5.98. The van der Waals surface area contributed by atoms with E-state index in [9.17, 15) is 9.59 Å². The van der Waals surface area contributed by atoms with Crippen molar-refractivity contribution in [1.29, 1.82) is 0 Å². The van der Waals surface area contributed by atoms with Gasteiger partial charge in [0.2, 0.25) is 0 Å². The fraction of sp³-hybridized carbons (Fsp3) is 0.125. The van der Waals surface area contributed by atoms with Crippen LogP contribution in [0.1, 0.15) is 21.0 Å². The van der Waals surface area contributed by atoms with Crippen LogP contribution in [0.4, 0.5) is 0 Å². The number of benzene rings is 1. The average Bonchev–Trinajstić information content (AvgIpc) is 3.19. The topological polar surface area (TPSA) is 87.1 Å². The third-order valence-electron chi connectivity index (χ3n) is 3.22. The number of furan rings is 1. The zero-order valence-corrected chi connectivity index (χ0v) is 11.8. The summed E-state index contributed by atoms with van der Waals surface area (Å²) >= 11 is 0. The van der Waals surface area contributed by atoms with E-state index in [1.807, 2.05) is 24.3 Å². The zero-order valence-electron chi connectivity index (χ0n) is 11.8. The number of amides is 2. The fourth-order valence-electron chi connectivity index (χ4n) is 2.14. The number of para-hydroxylation sites is 1. The molecule has 2 aromatic heterocycles. The van der Waals surface area contributed by atoms with Crippen molar-refractivity contribution in [2.24, 2.45) is 0 Å². The van der Waals surface area contributed by atoms with Crippen molar-refractivity contribution in [3.8, 4) is 0 Å². The van der Waals surface area contributed by atoms with E-state index in [-0.39, 0.29) is 17.6 Å². The number of H-pyrrole nitrogens is 1. The monoisotopic (exact) mass is 297 g/mol. The van der Waals surface area contributed by atoms with Gasteiger partial charge in [0.15, 0.2) is 5.76 Å². The van der Waals surface area contributed by atoms with E-state index in [0.717, 1.165) is 10.9 Å². The fourth-order valence-corrected chi connectivity index (χ4v) is 2.14. The molecule has 0 aliphatic heterocycles. The molecule has 6 nitrogen and oxygen atoms in total. The highest BCUT2D eigenvalue weighted by Gasteiger charge is 2.10. The summed E-state index contributed by atoms with van der Waals surface area (Å²) < 4.78 is 4.97. The Morgan fingerprint density at radius 1 is 1.00 bits per heavy atom. The van der Waals surface area contributed by atoms with Gasteiger partial charge in [-0.15, -0.1) is 0 Å². The Labute approximate surface area is 126 Å². The average molecular weight is 297 g/mol. The lowest BCUT2D eigenvalue weighted by molar-refractivity contribution is 0.0909. The van der Waals surface area contributed by atoms with Gasteiger partial charge in [-0.05, 0) is 24.3 Å². The summed E-state index contributed by atoms with van der Waals surface area (Å²) in [7, 11) is 0. The number of rotatable bonds is 5. The molecule has 0 saturated carbocycles. The van der Waals surface area contributed by atoms with Gasteiger partial charge in [-0.3, -0.25) is 9.59 Å². The van der Waals surface area contributed by atoms with Gasteiger partial charge in [0.1, 0.15) is 5.69 Å². The van der Waals surface area contributed by atoms with E-state index in [2.05, 4.69) is 15.6 Å². The number of carbonyl (C=O) groups is 2. The van der Waals surface area contributed by atoms with Crippen LogP contribution in [0.3, 0.4) is 0 Å². The van der Waals surface area contributed by atoms with Gasteiger partial charge in [0, 0.05) is 24.0 Å². The van der Waals surface area contributed by atoms with Gasteiger partial charge in [0.25, 0.3) is 11.8 Å². The molecular weight excluding hydrogens is 282 g/mol.